The summed E-state index contributed by atoms with van der Waals surface area (Å²) >= 11 is 0. The van der Waals surface area contributed by atoms with Crippen LogP contribution in [0.1, 0.15) is 16.8 Å². The second-order valence-electron chi connectivity index (χ2n) is 7.42. The van der Waals surface area contributed by atoms with Crippen molar-refractivity contribution in [2.45, 2.75) is 19.6 Å². The molecular formula is C23H22N4O3. The van der Waals surface area contributed by atoms with Crippen LogP contribution in [0.3, 0.4) is 0 Å². The molecule has 0 amide bonds. The summed E-state index contributed by atoms with van der Waals surface area (Å²) in [4.78, 5) is 2.19. The fraction of sp³-hybridized carbons (Fsp3) is 0.217. The molecule has 0 spiro atoms. The van der Waals surface area contributed by atoms with Gasteiger partial charge in [0.15, 0.2) is 11.5 Å². The lowest BCUT2D eigenvalue weighted by atomic mass is 10.1. The van der Waals surface area contributed by atoms with Crippen LogP contribution in [0, 0.1) is 0 Å². The van der Waals surface area contributed by atoms with Gasteiger partial charge in [-0.05, 0) is 30.8 Å². The molecule has 30 heavy (non-hydrogen) atoms. The molecule has 0 fully saturated rings. The van der Waals surface area contributed by atoms with E-state index in [-0.39, 0.29) is 6.79 Å². The largest absolute Gasteiger partial charge is 0.454 e. The Morgan fingerprint density at radius 1 is 1.00 bits per heavy atom. The van der Waals surface area contributed by atoms with E-state index in [1.54, 1.807) is 6.26 Å². The van der Waals surface area contributed by atoms with Crippen LogP contribution in [0.4, 0.5) is 0 Å². The van der Waals surface area contributed by atoms with Gasteiger partial charge in [-0.3, -0.25) is 9.58 Å². The Bertz CT molecular complexity index is 1120. The molecule has 0 saturated carbocycles. The lowest BCUT2D eigenvalue weighted by Gasteiger charge is -2.14. The summed E-state index contributed by atoms with van der Waals surface area (Å²) in [6, 6.07) is 18.2. The Hall–Kier alpha value is -3.58. The third kappa shape index (κ3) is 3.92. The van der Waals surface area contributed by atoms with Crippen molar-refractivity contribution in [3.05, 3.63) is 83.9 Å². The summed E-state index contributed by atoms with van der Waals surface area (Å²) in [5, 5.41) is 8.92. The molecule has 0 radical (unpaired) electrons. The minimum atomic E-state index is 0.258. The van der Waals surface area contributed by atoms with Gasteiger partial charge in [-0.1, -0.05) is 35.5 Å². The highest BCUT2D eigenvalue weighted by Crippen LogP contribution is 2.36. The van der Waals surface area contributed by atoms with Crippen molar-refractivity contribution in [1.82, 2.24) is 19.8 Å². The molecule has 1 aliphatic heterocycles. The number of ether oxygens (including phenoxy) is 2. The number of hydrogen-bond acceptors (Lipinski definition) is 6. The lowest BCUT2D eigenvalue weighted by Crippen LogP contribution is -2.17. The van der Waals surface area contributed by atoms with Crippen LogP contribution >= 0.6 is 0 Å². The van der Waals surface area contributed by atoms with E-state index in [1.807, 2.05) is 47.1 Å². The Morgan fingerprint density at radius 3 is 2.70 bits per heavy atom. The van der Waals surface area contributed by atoms with Crippen molar-refractivity contribution in [2.24, 2.45) is 0 Å². The van der Waals surface area contributed by atoms with Gasteiger partial charge in [0.2, 0.25) is 6.79 Å². The van der Waals surface area contributed by atoms with Gasteiger partial charge in [0, 0.05) is 36.5 Å². The SMILES string of the molecule is CN(Cc1ccon1)Cc1cn(Cc2ccccc2)nc1-c1ccc2c(c1)OCO2. The fourth-order valence-corrected chi connectivity index (χ4v) is 3.66. The van der Waals surface area contributed by atoms with Gasteiger partial charge >= 0.3 is 0 Å². The normalized spacial score (nSPS) is 12.6. The second-order valence-corrected chi connectivity index (χ2v) is 7.42. The monoisotopic (exact) mass is 402 g/mol. The number of rotatable bonds is 7. The predicted octanol–water partition coefficient (Wildman–Crippen LogP) is 3.95. The van der Waals surface area contributed by atoms with Gasteiger partial charge in [0.05, 0.1) is 17.9 Å². The van der Waals surface area contributed by atoms with Gasteiger partial charge in [0.25, 0.3) is 0 Å². The Labute approximate surface area is 174 Å². The minimum Gasteiger partial charge on any atom is -0.454 e. The van der Waals surface area contributed by atoms with E-state index in [0.717, 1.165) is 40.6 Å². The maximum atomic E-state index is 5.57. The number of aromatic nitrogens is 3. The molecule has 0 atom stereocenters. The molecule has 0 unspecified atom stereocenters. The quantitative estimate of drug-likeness (QED) is 0.466. The molecule has 0 N–H and O–H groups in total. The molecule has 0 bridgehead atoms. The van der Waals surface area contributed by atoms with E-state index < -0.39 is 0 Å². The molecule has 0 saturated heterocycles. The zero-order chi connectivity index (χ0) is 20.3. The zero-order valence-electron chi connectivity index (χ0n) is 16.7. The number of nitrogens with zero attached hydrogens (tertiary/aromatic N) is 4. The third-order valence-electron chi connectivity index (χ3n) is 5.03. The lowest BCUT2D eigenvalue weighted by molar-refractivity contribution is 0.174. The fourth-order valence-electron chi connectivity index (χ4n) is 3.66. The van der Waals surface area contributed by atoms with Crippen molar-refractivity contribution in [1.29, 1.82) is 0 Å². The summed E-state index contributed by atoms with van der Waals surface area (Å²) in [7, 11) is 2.06. The number of fused-ring (bicyclic) bond motifs is 1. The maximum Gasteiger partial charge on any atom is 0.231 e. The zero-order valence-corrected chi connectivity index (χ0v) is 16.7. The first-order valence-electron chi connectivity index (χ1n) is 9.83. The second kappa shape index (κ2) is 8.04. The van der Waals surface area contributed by atoms with Crippen molar-refractivity contribution < 1.29 is 14.0 Å². The van der Waals surface area contributed by atoms with Gasteiger partial charge in [0.1, 0.15) is 6.26 Å². The highest BCUT2D eigenvalue weighted by molar-refractivity contribution is 5.67. The Morgan fingerprint density at radius 2 is 1.87 bits per heavy atom. The average molecular weight is 402 g/mol. The van der Waals surface area contributed by atoms with Crippen molar-refractivity contribution >= 4 is 0 Å². The molecule has 3 heterocycles. The summed E-state index contributed by atoms with van der Waals surface area (Å²) < 4.78 is 18.0. The molecule has 1 aliphatic rings. The van der Waals surface area contributed by atoms with Gasteiger partial charge < -0.3 is 14.0 Å². The van der Waals surface area contributed by atoms with Gasteiger partial charge in [-0.15, -0.1) is 0 Å². The van der Waals surface area contributed by atoms with Crippen LogP contribution in [0.5, 0.6) is 11.5 Å². The molecule has 2 aromatic heterocycles. The number of hydrogen-bond donors (Lipinski definition) is 0. The summed E-state index contributed by atoms with van der Waals surface area (Å²) in [5.74, 6) is 1.53. The van der Waals surface area contributed by atoms with Crippen molar-refractivity contribution in [3.63, 3.8) is 0 Å². The Kier molecular flexibility index (Phi) is 4.94. The molecule has 4 aromatic rings. The standard InChI is InChI=1S/C23H22N4O3/c1-26(15-20-9-10-30-25-20)13-19-14-27(12-17-5-3-2-4-6-17)24-23(19)18-7-8-21-22(11-18)29-16-28-21/h2-11,14H,12-13,15-16H2,1H3. The molecule has 152 valence electrons. The first kappa shape index (κ1) is 18.4. The highest BCUT2D eigenvalue weighted by Gasteiger charge is 2.19. The van der Waals surface area contributed by atoms with E-state index in [0.29, 0.717) is 13.1 Å². The van der Waals surface area contributed by atoms with E-state index in [9.17, 15) is 0 Å². The van der Waals surface area contributed by atoms with Crippen LogP contribution in [-0.4, -0.2) is 33.7 Å². The van der Waals surface area contributed by atoms with Crippen LogP contribution in [0.15, 0.2) is 71.6 Å². The third-order valence-corrected chi connectivity index (χ3v) is 5.03. The summed E-state index contributed by atoms with van der Waals surface area (Å²) in [6.45, 7) is 2.40. The van der Waals surface area contributed by atoms with Crippen molar-refractivity contribution in [2.75, 3.05) is 13.8 Å². The molecule has 2 aromatic carbocycles. The van der Waals surface area contributed by atoms with Crippen LogP contribution < -0.4 is 9.47 Å². The summed E-state index contributed by atoms with van der Waals surface area (Å²) in [5.41, 5.74) is 5.20. The van der Waals surface area contributed by atoms with E-state index >= 15 is 0 Å². The maximum absolute atomic E-state index is 5.57. The predicted molar refractivity (Wildman–Crippen MR) is 111 cm³/mol. The topological polar surface area (TPSA) is 65.6 Å². The van der Waals surface area contributed by atoms with Crippen LogP contribution in [0.25, 0.3) is 11.3 Å². The van der Waals surface area contributed by atoms with Crippen LogP contribution in [-0.2, 0) is 19.6 Å². The molecule has 7 nitrogen and oxygen atoms in total. The van der Waals surface area contributed by atoms with Crippen LogP contribution in [0.2, 0.25) is 0 Å². The highest BCUT2D eigenvalue weighted by atomic mass is 16.7. The molecule has 5 rings (SSSR count). The first-order chi connectivity index (χ1) is 14.7. The average Bonchev–Trinajstić information content (AvgIpc) is 3.49. The first-order valence-corrected chi connectivity index (χ1v) is 9.83. The summed E-state index contributed by atoms with van der Waals surface area (Å²) in [6.07, 6.45) is 3.71. The molecule has 0 aliphatic carbocycles. The number of benzene rings is 2. The van der Waals surface area contributed by atoms with E-state index in [4.69, 9.17) is 19.1 Å². The van der Waals surface area contributed by atoms with E-state index in [2.05, 4.69) is 35.4 Å². The van der Waals surface area contributed by atoms with Crippen molar-refractivity contribution in [3.8, 4) is 22.8 Å². The van der Waals surface area contributed by atoms with Gasteiger partial charge in [-0.25, -0.2) is 0 Å². The van der Waals surface area contributed by atoms with E-state index in [1.165, 1.54) is 5.56 Å². The minimum absolute atomic E-state index is 0.258. The smallest absolute Gasteiger partial charge is 0.231 e. The van der Waals surface area contributed by atoms with Gasteiger partial charge in [-0.2, -0.15) is 5.10 Å². The molecular weight excluding hydrogens is 380 g/mol. The Balaban J connectivity index is 1.45. The molecule has 7 heteroatoms.